The lowest BCUT2D eigenvalue weighted by Crippen LogP contribution is -2.27. The molecule has 0 saturated heterocycles. The van der Waals surface area contributed by atoms with Crippen molar-refractivity contribution in [1.82, 2.24) is 10.2 Å². The standard InChI is InChI=1S/C29H60N2O2/c1-5-7-9-11-14-18-22-28(23-19-15-12-10-8-6-2)33-29(32)24-20-16-13-17-21-25-30-26-27-31(3)4/h28,30H,5-27H2,1-4H3. The first-order chi connectivity index (χ1) is 16.1. The Morgan fingerprint density at radius 2 is 1.15 bits per heavy atom. The first-order valence-electron chi connectivity index (χ1n) is 14.6. The zero-order chi connectivity index (χ0) is 24.4. The second-order valence-electron chi connectivity index (χ2n) is 10.3. The van der Waals surface area contributed by atoms with Gasteiger partial charge >= 0.3 is 5.97 Å². The Morgan fingerprint density at radius 1 is 0.667 bits per heavy atom. The third kappa shape index (κ3) is 25.8. The molecular formula is C29H60N2O2. The van der Waals surface area contributed by atoms with Crippen LogP contribution in [0.25, 0.3) is 0 Å². The zero-order valence-electron chi connectivity index (χ0n) is 23.1. The van der Waals surface area contributed by atoms with E-state index in [4.69, 9.17) is 4.74 Å². The third-order valence-corrected chi connectivity index (χ3v) is 6.53. The predicted molar refractivity (Wildman–Crippen MR) is 145 cm³/mol. The summed E-state index contributed by atoms with van der Waals surface area (Å²) < 4.78 is 5.94. The molecule has 0 aliphatic heterocycles. The van der Waals surface area contributed by atoms with E-state index >= 15 is 0 Å². The summed E-state index contributed by atoms with van der Waals surface area (Å²) in [5, 5.41) is 3.49. The van der Waals surface area contributed by atoms with E-state index in [0.717, 1.165) is 45.3 Å². The molecule has 4 nitrogen and oxygen atoms in total. The normalized spacial score (nSPS) is 11.6. The van der Waals surface area contributed by atoms with Crippen LogP contribution in [0.4, 0.5) is 0 Å². The van der Waals surface area contributed by atoms with Crippen LogP contribution in [0.15, 0.2) is 0 Å². The topological polar surface area (TPSA) is 41.6 Å². The number of rotatable bonds is 26. The SMILES string of the molecule is CCCCCCCCC(CCCCCCCC)OC(=O)CCCCCCCNCCN(C)C. The van der Waals surface area contributed by atoms with Crippen LogP contribution in [-0.4, -0.2) is 50.7 Å². The van der Waals surface area contributed by atoms with Crippen LogP contribution in [0, 0.1) is 0 Å². The maximum Gasteiger partial charge on any atom is 0.306 e. The molecule has 0 rings (SSSR count). The second-order valence-corrected chi connectivity index (χ2v) is 10.3. The van der Waals surface area contributed by atoms with Crippen molar-refractivity contribution in [2.24, 2.45) is 0 Å². The fourth-order valence-corrected chi connectivity index (χ4v) is 4.29. The number of nitrogens with one attached hydrogen (secondary N) is 1. The first kappa shape index (κ1) is 32.4. The maximum absolute atomic E-state index is 12.4. The van der Waals surface area contributed by atoms with Crippen molar-refractivity contribution < 1.29 is 9.53 Å². The minimum Gasteiger partial charge on any atom is -0.462 e. The van der Waals surface area contributed by atoms with Gasteiger partial charge in [0.1, 0.15) is 6.10 Å². The number of nitrogens with zero attached hydrogens (tertiary/aromatic N) is 1. The highest BCUT2D eigenvalue weighted by Gasteiger charge is 2.14. The Morgan fingerprint density at radius 3 is 1.70 bits per heavy atom. The van der Waals surface area contributed by atoms with Crippen molar-refractivity contribution in [1.29, 1.82) is 0 Å². The van der Waals surface area contributed by atoms with E-state index in [-0.39, 0.29) is 12.1 Å². The molecule has 0 aromatic heterocycles. The van der Waals surface area contributed by atoms with E-state index in [2.05, 4.69) is 38.2 Å². The van der Waals surface area contributed by atoms with Crippen LogP contribution in [0.3, 0.4) is 0 Å². The lowest BCUT2D eigenvalue weighted by atomic mass is 10.0. The summed E-state index contributed by atoms with van der Waals surface area (Å²) >= 11 is 0. The van der Waals surface area contributed by atoms with E-state index in [0.29, 0.717) is 6.42 Å². The number of ether oxygens (including phenoxy) is 1. The molecule has 0 aliphatic carbocycles. The molecule has 0 fully saturated rings. The highest BCUT2D eigenvalue weighted by Crippen LogP contribution is 2.18. The fraction of sp³-hybridized carbons (Fsp3) is 0.966. The van der Waals surface area contributed by atoms with E-state index < -0.39 is 0 Å². The Labute approximate surface area is 208 Å². The van der Waals surface area contributed by atoms with Crippen molar-refractivity contribution in [3.05, 3.63) is 0 Å². The average molecular weight is 469 g/mol. The summed E-state index contributed by atoms with van der Waals surface area (Å²) in [6.45, 7) is 7.80. The molecule has 0 aromatic carbocycles. The van der Waals surface area contributed by atoms with Crippen LogP contribution < -0.4 is 5.32 Å². The lowest BCUT2D eigenvalue weighted by molar-refractivity contribution is -0.150. The summed E-state index contributed by atoms with van der Waals surface area (Å²) in [7, 11) is 4.22. The molecule has 0 spiro atoms. The molecule has 0 aliphatic rings. The van der Waals surface area contributed by atoms with Gasteiger partial charge in [0, 0.05) is 19.5 Å². The summed E-state index contributed by atoms with van der Waals surface area (Å²) in [5.74, 6) is 0.0438. The van der Waals surface area contributed by atoms with Gasteiger partial charge in [0.05, 0.1) is 0 Å². The van der Waals surface area contributed by atoms with Crippen molar-refractivity contribution in [2.45, 2.75) is 148 Å². The highest BCUT2D eigenvalue weighted by molar-refractivity contribution is 5.69. The van der Waals surface area contributed by atoms with Crippen molar-refractivity contribution in [2.75, 3.05) is 33.7 Å². The molecule has 0 unspecified atom stereocenters. The lowest BCUT2D eigenvalue weighted by Gasteiger charge is -2.18. The van der Waals surface area contributed by atoms with Gasteiger partial charge in [-0.1, -0.05) is 97.3 Å². The zero-order valence-corrected chi connectivity index (χ0v) is 23.1. The van der Waals surface area contributed by atoms with Gasteiger partial charge in [0.2, 0.25) is 0 Å². The Kier molecular flexibility index (Phi) is 25.5. The molecule has 33 heavy (non-hydrogen) atoms. The van der Waals surface area contributed by atoms with Crippen LogP contribution in [0.1, 0.15) is 142 Å². The van der Waals surface area contributed by atoms with Gasteiger partial charge in [-0.25, -0.2) is 0 Å². The highest BCUT2D eigenvalue weighted by atomic mass is 16.5. The number of carbonyl (C=O) groups is 1. The van der Waals surface area contributed by atoms with Gasteiger partial charge in [0.25, 0.3) is 0 Å². The molecule has 1 N–H and O–H groups in total. The number of hydrogen-bond donors (Lipinski definition) is 1. The third-order valence-electron chi connectivity index (χ3n) is 6.53. The van der Waals surface area contributed by atoms with Crippen molar-refractivity contribution in [3.8, 4) is 0 Å². The largest absolute Gasteiger partial charge is 0.462 e. The van der Waals surface area contributed by atoms with Gasteiger partial charge in [-0.05, 0) is 59.2 Å². The Hall–Kier alpha value is -0.610. The molecular weight excluding hydrogens is 408 g/mol. The average Bonchev–Trinajstić information content (AvgIpc) is 2.79. The van der Waals surface area contributed by atoms with Gasteiger partial charge in [-0.2, -0.15) is 0 Å². The molecule has 4 heteroatoms. The summed E-state index contributed by atoms with van der Waals surface area (Å²) in [5.41, 5.74) is 0. The minimum absolute atomic E-state index is 0.0438. The van der Waals surface area contributed by atoms with Gasteiger partial charge < -0.3 is 15.0 Å². The maximum atomic E-state index is 12.4. The summed E-state index contributed by atoms with van der Waals surface area (Å²) in [6.07, 6.45) is 24.4. The summed E-state index contributed by atoms with van der Waals surface area (Å²) in [6, 6.07) is 0. The molecule has 198 valence electrons. The number of hydrogen-bond acceptors (Lipinski definition) is 4. The quantitative estimate of drug-likeness (QED) is 0.103. The first-order valence-corrected chi connectivity index (χ1v) is 14.6. The molecule has 0 atom stereocenters. The molecule has 0 saturated carbocycles. The van der Waals surface area contributed by atoms with E-state index in [9.17, 15) is 4.79 Å². The van der Waals surface area contributed by atoms with Gasteiger partial charge in [0.15, 0.2) is 0 Å². The Bertz CT molecular complexity index is 385. The molecule has 0 amide bonds. The predicted octanol–water partition coefficient (Wildman–Crippen LogP) is 7.89. The van der Waals surface area contributed by atoms with Gasteiger partial charge in [-0.3, -0.25) is 4.79 Å². The fourth-order valence-electron chi connectivity index (χ4n) is 4.29. The molecule has 0 radical (unpaired) electrons. The van der Waals surface area contributed by atoms with E-state index in [1.807, 2.05) is 0 Å². The molecule has 0 heterocycles. The van der Waals surface area contributed by atoms with Gasteiger partial charge in [-0.15, -0.1) is 0 Å². The van der Waals surface area contributed by atoms with Crippen molar-refractivity contribution >= 4 is 5.97 Å². The van der Waals surface area contributed by atoms with Crippen LogP contribution in [0.5, 0.6) is 0 Å². The van der Waals surface area contributed by atoms with E-state index in [1.54, 1.807) is 0 Å². The number of carbonyl (C=O) groups excluding carboxylic acids is 1. The van der Waals surface area contributed by atoms with Crippen molar-refractivity contribution in [3.63, 3.8) is 0 Å². The number of esters is 1. The smallest absolute Gasteiger partial charge is 0.306 e. The monoisotopic (exact) mass is 468 g/mol. The van der Waals surface area contributed by atoms with Crippen LogP contribution in [-0.2, 0) is 9.53 Å². The van der Waals surface area contributed by atoms with Crippen LogP contribution in [0.2, 0.25) is 0 Å². The van der Waals surface area contributed by atoms with E-state index in [1.165, 1.54) is 96.3 Å². The van der Waals surface area contributed by atoms with Crippen LogP contribution >= 0.6 is 0 Å². The number of unbranched alkanes of at least 4 members (excludes halogenated alkanes) is 14. The minimum atomic E-state index is 0.0438. The molecule has 0 bridgehead atoms. The molecule has 0 aromatic rings. The Balaban J connectivity index is 3.91. The second kappa shape index (κ2) is 26.0. The summed E-state index contributed by atoms with van der Waals surface area (Å²) in [4.78, 5) is 14.6. The number of likely N-dealkylation sites (N-methyl/N-ethyl adjacent to an activating group) is 1.